The van der Waals surface area contributed by atoms with Gasteiger partial charge in [0.1, 0.15) is 6.54 Å². The van der Waals surface area contributed by atoms with Gasteiger partial charge >= 0.3 is 0 Å². The molecule has 5 nitrogen and oxygen atoms in total. The first-order chi connectivity index (χ1) is 8.50. The minimum absolute atomic E-state index is 0.0750. The number of aromatic nitrogens is 2. The fourth-order valence-electron chi connectivity index (χ4n) is 2.24. The van der Waals surface area contributed by atoms with Crippen LogP contribution in [0.1, 0.15) is 17.8 Å². The zero-order chi connectivity index (χ0) is 13.3. The van der Waals surface area contributed by atoms with E-state index in [0.29, 0.717) is 11.1 Å². The molecule has 2 heterocycles. The second-order valence-corrected chi connectivity index (χ2v) is 5.17. The molecular weight excluding hydrogens is 252 g/mol. The average molecular weight is 271 g/mol. The molecule has 0 radical (unpaired) electrons. The van der Waals surface area contributed by atoms with Crippen LogP contribution in [0.5, 0.6) is 0 Å². The van der Waals surface area contributed by atoms with Gasteiger partial charge < -0.3 is 10.2 Å². The van der Waals surface area contributed by atoms with E-state index in [1.165, 1.54) is 0 Å². The molecule has 1 fully saturated rings. The van der Waals surface area contributed by atoms with Crippen LogP contribution in [0.2, 0.25) is 5.02 Å². The van der Waals surface area contributed by atoms with Gasteiger partial charge in [-0.05, 0) is 26.8 Å². The van der Waals surface area contributed by atoms with E-state index < -0.39 is 0 Å². The second-order valence-electron chi connectivity index (χ2n) is 4.79. The van der Waals surface area contributed by atoms with Crippen molar-refractivity contribution >= 4 is 17.5 Å². The molecule has 100 valence electrons. The van der Waals surface area contributed by atoms with Gasteiger partial charge in [-0.25, -0.2) is 0 Å². The molecule has 0 spiro atoms. The summed E-state index contributed by atoms with van der Waals surface area (Å²) >= 11 is 6.07. The Morgan fingerprint density at radius 2 is 2.33 bits per heavy atom. The highest BCUT2D eigenvalue weighted by molar-refractivity contribution is 6.31. The van der Waals surface area contributed by atoms with Crippen molar-refractivity contribution in [3.05, 3.63) is 16.4 Å². The van der Waals surface area contributed by atoms with E-state index in [-0.39, 0.29) is 12.5 Å². The second kappa shape index (κ2) is 5.28. The lowest BCUT2D eigenvalue weighted by Crippen LogP contribution is -2.40. The van der Waals surface area contributed by atoms with Gasteiger partial charge in [0, 0.05) is 19.6 Å². The fraction of sp³-hybridized carbons (Fsp3) is 0.667. The molecule has 6 heteroatoms. The maximum absolute atomic E-state index is 12.2. The van der Waals surface area contributed by atoms with Crippen molar-refractivity contribution in [3.8, 4) is 0 Å². The number of hydrogen-bond donors (Lipinski definition) is 1. The van der Waals surface area contributed by atoms with Gasteiger partial charge in [0.25, 0.3) is 0 Å². The molecule has 1 aliphatic heterocycles. The number of aryl methyl sites for hydroxylation is 1. The SMILES string of the molecule is Cc1nn(CC(=O)N(C)C2CCNC2)c(C)c1Cl. The van der Waals surface area contributed by atoms with Crippen LogP contribution in [0.25, 0.3) is 0 Å². The number of hydrogen-bond acceptors (Lipinski definition) is 3. The molecule has 0 aliphatic carbocycles. The van der Waals surface area contributed by atoms with Crippen molar-refractivity contribution in [1.29, 1.82) is 0 Å². The van der Waals surface area contributed by atoms with E-state index >= 15 is 0 Å². The van der Waals surface area contributed by atoms with Crippen molar-refractivity contribution in [2.24, 2.45) is 0 Å². The van der Waals surface area contributed by atoms with Crippen molar-refractivity contribution in [2.45, 2.75) is 32.9 Å². The van der Waals surface area contributed by atoms with E-state index in [1.54, 1.807) is 4.68 Å². The highest BCUT2D eigenvalue weighted by Crippen LogP contribution is 2.19. The van der Waals surface area contributed by atoms with Crippen LogP contribution in [-0.4, -0.2) is 46.8 Å². The van der Waals surface area contributed by atoms with Crippen molar-refractivity contribution < 1.29 is 4.79 Å². The summed E-state index contributed by atoms with van der Waals surface area (Å²) in [7, 11) is 1.85. The first-order valence-electron chi connectivity index (χ1n) is 6.16. The molecule has 2 rings (SSSR count). The zero-order valence-corrected chi connectivity index (χ0v) is 11.8. The summed E-state index contributed by atoms with van der Waals surface area (Å²) in [5, 5.41) is 8.19. The molecule has 0 bridgehead atoms. The van der Waals surface area contributed by atoms with Crippen LogP contribution in [0.3, 0.4) is 0 Å². The van der Waals surface area contributed by atoms with Crippen LogP contribution >= 0.6 is 11.6 Å². The summed E-state index contributed by atoms with van der Waals surface area (Å²) in [6.45, 7) is 5.84. The van der Waals surface area contributed by atoms with Gasteiger partial charge in [-0.3, -0.25) is 9.48 Å². The number of rotatable bonds is 3. The van der Waals surface area contributed by atoms with Crippen molar-refractivity contribution in [3.63, 3.8) is 0 Å². The Balaban J connectivity index is 2.04. The first kappa shape index (κ1) is 13.4. The first-order valence-corrected chi connectivity index (χ1v) is 6.54. The van der Waals surface area contributed by atoms with Crippen molar-refractivity contribution in [2.75, 3.05) is 20.1 Å². The summed E-state index contributed by atoms with van der Waals surface area (Å²) < 4.78 is 1.68. The molecule has 1 aromatic rings. The molecule has 1 unspecified atom stereocenters. The summed E-state index contributed by atoms with van der Waals surface area (Å²) in [5.74, 6) is 0.0750. The normalized spacial score (nSPS) is 19.2. The van der Waals surface area contributed by atoms with Gasteiger partial charge in [0.2, 0.25) is 5.91 Å². The van der Waals surface area contributed by atoms with E-state index in [4.69, 9.17) is 11.6 Å². The van der Waals surface area contributed by atoms with Gasteiger partial charge in [0.15, 0.2) is 0 Å². The highest BCUT2D eigenvalue weighted by Gasteiger charge is 2.24. The Morgan fingerprint density at radius 3 is 2.83 bits per heavy atom. The molecular formula is C12H19ClN4O. The largest absolute Gasteiger partial charge is 0.340 e. The number of likely N-dealkylation sites (N-methyl/N-ethyl adjacent to an activating group) is 1. The topological polar surface area (TPSA) is 50.2 Å². The number of nitrogens with one attached hydrogen (secondary N) is 1. The third-order valence-electron chi connectivity index (χ3n) is 3.55. The summed E-state index contributed by atoms with van der Waals surface area (Å²) in [4.78, 5) is 14.0. The van der Waals surface area contributed by atoms with E-state index in [1.807, 2.05) is 25.8 Å². The number of carbonyl (C=O) groups is 1. The predicted molar refractivity (Wildman–Crippen MR) is 70.8 cm³/mol. The Bertz CT molecular complexity index is 451. The molecule has 1 atom stereocenters. The zero-order valence-electron chi connectivity index (χ0n) is 11.0. The number of carbonyl (C=O) groups excluding carboxylic acids is 1. The Kier molecular flexibility index (Phi) is 3.92. The summed E-state index contributed by atoms with van der Waals surface area (Å²) in [6.07, 6.45) is 1.01. The minimum atomic E-state index is 0.0750. The van der Waals surface area contributed by atoms with Gasteiger partial charge in [-0.1, -0.05) is 11.6 Å². The third-order valence-corrected chi connectivity index (χ3v) is 4.10. The van der Waals surface area contributed by atoms with Crippen LogP contribution < -0.4 is 5.32 Å². The molecule has 1 N–H and O–H groups in total. The molecule has 1 aliphatic rings. The van der Waals surface area contributed by atoms with Crippen molar-refractivity contribution in [1.82, 2.24) is 20.0 Å². The van der Waals surface area contributed by atoms with E-state index in [2.05, 4.69) is 10.4 Å². The Hall–Kier alpha value is -1.07. The molecule has 18 heavy (non-hydrogen) atoms. The van der Waals surface area contributed by atoms with Crippen LogP contribution in [0.4, 0.5) is 0 Å². The Morgan fingerprint density at radius 1 is 1.61 bits per heavy atom. The van der Waals surface area contributed by atoms with Gasteiger partial charge in [0.05, 0.1) is 16.4 Å². The minimum Gasteiger partial charge on any atom is -0.340 e. The number of amides is 1. The lowest BCUT2D eigenvalue weighted by atomic mass is 10.2. The van der Waals surface area contributed by atoms with Crippen LogP contribution in [0.15, 0.2) is 0 Å². The van der Waals surface area contributed by atoms with Crippen LogP contribution in [-0.2, 0) is 11.3 Å². The smallest absolute Gasteiger partial charge is 0.244 e. The third kappa shape index (κ3) is 2.52. The lowest BCUT2D eigenvalue weighted by Gasteiger charge is -2.23. The summed E-state index contributed by atoms with van der Waals surface area (Å²) in [6, 6.07) is 0.296. The summed E-state index contributed by atoms with van der Waals surface area (Å²) in [5.41, 5.74) is 1.62. The maximum Gasteiger partial charge on any atom is 0.244 e. The number of halogens is 1. The highest BCUT2D eigenvalue weighted by atomic mass is 35.5. The predicted octanol–water partition coefficient (Wildman–Crippen LogP) is 0.974. The molecule has 1 saturated heterocycles. The molecule has 0 aromatic carbocycles. The monoisotopic (exact) mass is 270 g/mol. The Labute approximate surface area is 112 Å². The van der Waals surface area contributed by atoms with E-state index in [9.17, 15) is 4.79 Å². The number of nitrogens with zero attached hydrogens (tertiary/aromatic N) is 3. The standard InChI is InChI=1S/C12H19ClN4O/c1-8-12(13)9(2)17(15-8)7-11(18)16(3)10-4-5-14-6-10/h10,14H,4-7H2,1-3H3. The van der Waals surface area contributed by atoms with E-state index in [0.717, 1.165) is 30.9 Å². The quantitative estimate of drug-likeness (QED) is 0.891. The average Bonchev–Trinajstić information content (AvgIpc) is 2.94. The maximum atomic E-state index is 12.2. The molecule has 1 amide bonds. The lowest BCUT2D eigenvalue weighted by molar-refractivity contribution is -0.132. The molecule has 0 saturated carbocycles. The van der Waals surface area contributed by atoms with Crippen LogP contribution in [0, 0.1) is 13.8 Å². The fourth-order valence-corrected chi connectivity index (χ4v) is 2.38. The van der Waals surface area contributed by atoms with Gasteiger partial charge in [-0.2, -0.15) is 5.10 Å². The molecule has 1 aromatic heterocycles. The van der Waals surface area contributed by atoms with Gasteiger partial charge in [-0.15, -0.1) is 0 Å².